The Kier molecular flexibility index (Phi) is 3.28. The van der Waals surface area contributed by atoms with Crippen LogP contribution in [-0.4, -0.2) is 0 Å². The molecular weight excluding hydrogens is 247 g/mol. The van der Waals surface area contributed by atoms with E-state index >= 15 is 0 Å². The van der Waals surface area contributed by atoms with Crippen molar-refractivity contribution in [1.82, 2.24) is 0 Å². The van der Waals surface area contributed by atoms with E-state index in [-0.39, 0.29) is 16.4 Å². The summed E-state index contributed by atoms with van der Waals surface area (Å²) in [4.78, 5) is 0.928. The van der Waals surface area contributed by atoms with Crippen molar-refractivity contribution in [2.45, 2.75) is 9.79 Å². The molecule has 5 heteroatoms. The zero-order valence-electron chi connectivity index (χ0n) is 8.58. The molecule has 0 aliphatic rings. The number of hydrogen-bond donors (Lipinski definition) is 1. The number of benzene rings is 2. The Balaban J connectivity index is 2.32. The molecule has 0 saturated heterocycles. The summed E-state index contributed by atoms with van der Waals surface area (Å²) in [5.41, 5.74) is 5.38. The second-order valence-corrected chi connectivity index (χ2v) is 4.47. The minimum Gasteiger partial charge on any atom is -0.395 e. The lowest BCUT2D eigenvalue weighted by atomic mass is 10.3. The zero-order valence-corrected chi connectivity index (χ0v) is 9.40. The van der Waals surface area contributed by atoms with Gasteiger partial charge in [0.05, 0.1) is 5.69 Å². The van der Waals surface area contributed by atoms with Crippen LogP contribution in [-0.2, 0) is 0 Å². The van der Waals surface area contributed by atoms with Gasteiger partial charge >= 0.3 is 0 Å². The van der Waals surface area contributed by atoms with Crippen molar-refractivity contribution < 1.29 is 13.2 Å². The lowest BCUT2D eigenvalue weighted by molar-refractivity contribution is 0.581. The first-order valence-electron chi connectivity index (χ1n) is 4.74. The van der Waals surface area contributed by atoms with Gasteiger partial charge in [0, 0.05) is 15.9 Å². The van der Waals surface area contributed by atoms with E-state index in [0.29, 0.717) is 4.90 Å². The van der Waals surface area contributed by atoms with Gasteiger partial charge in [-0.1, -0.05) is 11.8 Å². The summed E-state index contributed by atoms with van der Waals surface area (Å²) in [7, 11) is 0. The van der Waals surface area contributed by atoms with E-state index in [1.54, 1.807) is 0 Å². The van der Waals surface area contributed by atoms with E-state index in [1.807, 2.05) is 0 Å². The molecule has 0 spiro atoms. The van der Waals surface area contributed by atoms with Gasteiger partial charge in [-0.15, -0.1) is 0 Å². The van der Waals surface area contributed by atoms with Crippen molar-refractivity contribution in [2.24, 2.45) is 0 Å². The average molecular weight is 255 g/mol. The molecule has 0 aliphatic heterocycles. The summed E-state index contributed by atoms with van der Waals surface area (Å²) in [6.07, 6.45) is 0. The first-order valence-corrected chi connectivity index (χ1v) is 5.56. The smallest absolute Gasteiger partial charge is 0.150 e. The number of halogens is 3. The molecule has 1 nitrogen and oxygen atoms in total. The molecule has 0 fully saturated rings. The van der Waals surface area contributed by atoms with E-state index in [9.17, 15) is 13.2 Å². The molecule has 0 aliphatic carbocycles. The second-order valence-electron chi connectivity index (χ2n) is 3.36. The molecule has 0 saturated carbocycles. The molecule has 0 aromatic heterocycles. The van der Waals surface area contributed by atoms with E-state index < -0.39 is 11.6 Å². The molecule has 0 atom stereocenters. The highest BCUT2D eigenvalue weighted by Crippen LogP contribution is 2.33. The van der Waals surface area contributed by atoms with Crippen LogP contribution in [0.5, 0.6) is 0 Å². The maximum absolute atomic E-state index is 13.2. The fourth-order valence-corrected chi connectivity index (χ4v) is 2.18. The van der Waals surface area contributed by atoms with E-state index in [4.69, 9.17) is 5.73 Å². The highest BCUT2D eigenvalue weighted by atomic mass is 32.2. The number of nitrogens with two attached hydrogens (primary N) is 1. The SMILES string of the molecule is Nc1c(F)cc(F)cc1Sc1ccc(F)cc1. The van der Waals surface area contributed by atoms with Crippen LogP contribution in [0.3, 0.4) is 0 Å². The molecule has 0 amide bonds. The Labute approximate surface area is 100 Å². The molecule has 2 aromatic carbocycles. The third kappa shape index (κ3) is 2.74. The summed E-state index contributed by atoms with van der Waals surface area (Å²) in [6, 6.07) is 7.45. The van der Waals surface area contributed by atoms with Crippen molar-refractivity contribution in [3.8, 4) is 0 Å². The molecule has 17 heavy (non-hydrogen) atoms. The molecule has 0 bridgehead atoms. The van der Waals surface area contributed by atoms with E-state index in [1.165, 1.54) is 24.3 Å². The summed E-state index contributed by atoms with van der Waals surface area (Å²) < 4.78 is 38.9. The van der Waals surface area contributed by atoms with Crippen LogP contribution in [0.4, 0.5) is 18.9 Å². The second kappa shape index (κ2) is 4.71. The summed E-state index contributed by atoms with van der Waals surface area (Å²) in [5.74, 6) is -1.86. The van der Waals surface area contributed by atoms with Crippen LogP contribution in [0.25, 0.3) is 0 Å². The Morgan fingerprint density at radius 3 is 2.18 bits per heavy atom. The maximum Gasteiger partial charge on any atom is 0.150 e. The topological polar surface area (TPSA) is 26.0 Å². The van der Waals surface area contributed by atoms with Crippen LogP contribution in [0, 0.1) is 17.5 Å². The van der Waals surface area contributed by atoms with Gasteiger partial charge in [0.1, 0.15) is 17.5 Å². The number of rotatable bonds is 2. The monoisotopic (exact) mass is 255 g/mol. The number of hydrogen-bond acceptors (Lipinski definition) is 2. The number of anilines is 1. The molecule has 88 valence electrons. The predicted molar refractivity (Wildman–Crippen MR) is 61.3 cm³/mol. The molecule has 0 unspecified atom stereocenters. The lowest BCUT2D eigenvalue weighted by Crippen LogP contribution is -1.94. The first-order chi connectivity index (χ1) is 8.06. The van der Waals surface area contributed by atoms with Gasteiger partial charge in [0.15, 0.2) is 0 Å². The van der Waals surface area contributed by atoms with Crippen molar-refractivity contribution in [3.05, 3.63) is 53.8 Å². The van der Waals surface area contributed by atoms with E-state index in [2.05, 4.69) is 0 Å². The quantitative estimate of drug-likeness (QED) is 0.825. The zero-order chi connectivity index (χ0) is 12.4. The van der Waals surface area contributed by atoms with Gasteiger partial charge in [-0.25, -0.2) is 13.2 Å². The van der Waals surface area contributed by atoms with Gasteiger partial charge in [-0.3, -0.25) is 0 Å². The molecule has 2 rings (SSSR count). The fourth-order valence-electron chi connectivity index (χ4n) is 1.28. The molecule has 2 N–H and O–H groups in total. The van der Waals surface area contributed by atoms with Crippen molar-refractivity contribution >= 4 is 17.4 Å². The van der Waals surface area contributed by atoms with Gasteiger partial charge in [0.2, 0.25) is 0 Å². The van der Waals surface area contributed by atoms with Crippen LogP contribution in [0.1, 0.15) is 0 Å². The molecule has 0 heterocycles. The number of nitrogen functional groups attached to an aromatic ring is 1. The molecule has 2 aromatic rings. The van der Waals surface area contributed by atoms with Gasteiger partial charge in [-0.2, -0.15) is 0 Å². The molecular formula is C12H8F3NS. The summed E-state index contributed by atoms with van der Waals surface area (Å²) in [5, 5.41) is 0. The fraction of sp³-hybridized carbons (Fsp3) is 0. The van der Waals surface area contributed by atoms with Crippen LogP contribution >= 0.6 is 11.8 Å². The van der Waals surface area contributed by atoms with Crippen molar-refractivity contribution in [3.63, 3.8) is 0 Å². The Hall–Kier alpha value is -1.62. The highest BCUT2D eigenvalue weighted by Gasteiger charge is 2.09. The van der Waals surface area contributed by atoms with Gasteiger partial charge in [-0.05, 0) is 30.3 Å². The standard InChI is InChI=1S/C12H8F3NS/c13-7-1-3-9(4-2-7)17-11-6-8(14)5-10(15)12(11)16/h1-6H,16H2. The largest absolute Gasteiger partial charge is 0.395 e. The van der Waals surface area contributed by atoms with Crippen molar-refractivity contribution in [2.75, 3.05) is 5.73 Å². The Morgan fingerprint density at radius 1 is 0.882 bits per heavy atom. The first kappa shape index (κ1) is 11.9. The van der Waals surface area contributed by atoms with Crippen molar-refractivity contribution in [1.29, 1.82) is 0 Å². The van der Waals surface area contributed by atoms with Crippen LogP contribution < -0.4 is 5.73 Å². The van der Waals surface area contributed by atoms with Gasteiger partial charge < -0.3 is 5.73 Å². The van der Waals surface area contributed by atoms with Crippen LogP contribution in [0.15, 0.2) is 46.2 Å². The summed E-state index contributed by atoms with van der Waals surface area (Å²) >= 11 is 1.08. The third-order valence-corrected chi connectivity index (χ3v) is 3.16. The third-order valence-electron chi connectivity index (χ3n) is 2.10. The normalized spacial score (nSPS) is 10.5. The summed E-state index contributed by atoms with van der Waals surface area (Å²) in [6.45, 7) is 0. The van der Waals surface area contributed by atoms with Crippen LogP contribution in [0.2, 0.25) is 0 Å². The van der Waals surface area contributed by atoms with Gasteiger partial charge in [0.25, 0.3) is 0 Å². The van der Waals surface area contributed by atoms with E-state index in [0.717, 1.165) is 23.9 Å². The lowest BCUT2D eigenvalue weighted by Gasteiger charge is -2.06. The highest BCUT2D eigenvalue weighted by molar-refractivity contribution is 7.99. The maximum atomic E-state index is 13.2. The predicted octanol–water partition coefficient (Wildman–Crippen LogP) is 3.84. The Morgan fingerprint density at radius 2 is 1.53 bits per heavy atom. The minimum atomic E-state index is -0.797. The molecule has 0 radical (unpaired) electrons. The Bertz CT molecular complexity index is 540. The minimum absolute atomic E-state index is 0.110. The average Bonchev–Trinajstić information content (AvgIpc) is 2.28.